The summed E-state index contributed by atoms with van der Waals surface area (Å²) in [5.41, 5.74) is 4.61. The van der Waals surface area contributed by atoms with Crippen molar-refractivity contribution in [1.82, 2.24) is 9.99 Å². The van der Waals surface area contributed by atoms with Gasteiger partial charge in [-0.15, -0.1) is 0 Å². The molecule has 1 aromatic heterocycles. The van der Waals surface area contributed by atoms with E-state index in [9.17, 15) is 9.59 Å². The lowest BCUT2D eigenvalue weighted by molar-refractivity contribution is 0.0976. The number of nitrogens with zero attached hydrogens (tertiary/aromatic N) is 2. The van der Waals surface area contributed by atoms with Crippen molar-refractivity contribution in [2.45, 2.75) is 6.54 Å². The predicted molar refractivity (Wildman–Crippen MR) is 104 cm³/mol. The van der Waals surface area contributed by atoms with Crippen LogP contribution in [0.5, 0.6) is 0 Å². The molecule has 3 rings (SSSR count). The van der Waals surface area contributed by atoms with Crippen molar-refractivity contribution < 1.29 is 4.79 Å². The van der Waals surface area contributed by atoms with Crippen molar-refractivity contribution in [2.24, 2.45) is 0 Å². The number of halogens is 1. The van der Waals surface area contributed by atoms with Crippen molar-refractivity contribution in [2.75, 3.05) is 12.1 Å². The maximum atomic E-state index is 12.9. The molecule has 1 N–H and O–H groups in total. The van der Waals surface area contributed by atoms with Gasteiger partial charge >= 0.3 is 0 Å². The second kappa shape index (κ2) is 7.99. The van der Waals surface area contributed by atoms with Crippen LogP contribution >= 0.6 is 11.6 Å². The van der Waals surface area contributed by atoms with Gasteiger partial charge in [0.15, 0.2) is 0 Å². The summed E-state index contributed by atoms with van der Waals surface area (Å²) in [6.45, 7) is 0.296. The first-order valence-corrected chi connectivity index (χ1v) is 8.48. The molecule has 5 nitrogen and oxygen atoms in total. The maximum Gasteiger partial charge on any atom is 0.274 e. The van der Waals surface area contributed by atoms with Gasteiger partial charge in [0.2, 0.25) is 0 Å². The zero-order valence-corrected chi connectivity index (χ0v) is 15.0. The third kappa shape index (κ3) is 3.85. The second-order valence-corrected chi connectivity index (χ2v) is 6.08. The predicted octanol–water partition coefficient (Wildman–Crippen LogP) is 3.33. The Morgan fingerprint density at radius 2 is 1.73 bits per heavy atom. The Morgan fingerprint density at radius 3 is 2.42 bits per heavy atom. The van der Waals surface area contributed by atoms with Gasteiger partial charge in [-0.05, 0) is 29.8 Å². The van der Waals surface area contributed by atoms with Crippen molar-refractivity contribution in [3.05, 3.63) is 99.4 Å². The fourth-order valence-corrected chi connectivity index (χ4v) is 2.84. The van der Waals surface area contributed by atoms with Crippen LogP contribution in [0, 0.1) is 0 Å². The van der Waals surface area contributed by atoms with Gasteiger partial charge in [-0.3, -0.25) is 9.59 Å². The number of hydrazine groups is 1. The molecule has 0 aliphatic carbocycles. The van der Waals surface area contributed by atoms with Crippen LogP contribution in [0.3, 0.4) is 0 Å². The highest BCUT2D eigenvalue weighted by Crippen LogP contribution is 2.17. The molecule has 2 aromatic carbocycles. The van der Waals surface area contributed by atoms with E-state index >= 15 is 0 Å². The van der Waals surface area contributed by atoms with Crippen LogP contribution in [-0.4, -0.2) is 17.5 Å². The SMILES string of the molecule is CNN(C(=O)c1ccc(=O)n(Cc2ccccc2Cl)c1)c1ccccc1. The van der Waals surface area contributed by atoms with Gasteiger partial charge < -0.3 is 4.57 Å². The first-order valence-electron chi connectivity index (χ1n) is 8.11. The summed E-state index contributed by atoms with van der Waals surface area (Å²) in [4.78, 5) is 25.1. The van der Waals surface area contributed by atoms with E-state index in [0.29, 0.717) is 22.8 Å². The topological polar surface area (TPSA) is 54.3 Å². The molecular weight excluding hydrogens is 350 g/mol. The van der Waals surface area contributed by atoms with E-state index < -0.39 is 0 Å². The number of amides is 1. The summed E-state index contributed by atoms with van der Waals surface area (Å²) in [7, 11) is 1.67. The molecule has 6 heteroatoms. The normalized spacial score (nSPS) is 10.5. The van der Waals surface area contributed by atoms with E-state index in [4.69, 9.17) is 11.6 Å². The van der Waals surface area contributed by atoms with Gasteiger partial charge in [0.1, 0.15) is 0 Å². The van der Waals surface area contributed by atoms with Gasteiger partial charge in [-0.1, -0.05) is 48.0 Å². The number of carbonyl (C=O) groups excluding carboxylic acids is 1. The van der Waals surface area contributed by atoms with Gasteiger partial charge in [-0.25, -0.2) is 10.4 Å². The summed E-state index contributed by atoms with van der Waals surface area (Å²) >= 11 is 6.18. The number of rotatable bonds is 5. The highest BCUT2D eigenvalue weighted by Gasteiger charge is 2.17. The summed E-state index contributed by atoms with van der Waals surface area (Å²) < 4.78 is 1.48. The highest BCUT2D eigenvalue weighted by molar-refractivity contribution is 6.31. The molecule has 1 amide bonds. The van der Waals surface area contributed by atoms with Gasteiger partial charge in [-0.2, -0.15) is 0 Å². The zero-order chi connectivity index (χ0) is 18.5. The summed E-state index contributed by atoms with van der Waals surface area (Å²) in [5.74, 6) is -0.258. The van der Waals surface area contributed by atoms with Crippen molar-refractivity contribution in [1.29, 1.82) is 0 Å². The number of carbonyl (C=O) groups is 1. The number of pyridine rings is 1. The largest absolute Gasteiger partial charge is 0.310 e. The lowest BCUT2D eigenvalue weighted by Crippen LogP contribution is -2.41. The van der Waals surface area contributed by atoms with E-state index in [1.807, 2.05) is 48.5 Å². The van der Waals surface area contributed by atoms with Crippen LogP contribution in [0.2, 0.25) is 5.02 Å². The standard InChI is InChI=1S/C20H18ClN3O2/c1-22-24(17-8-3-2-4-9-17)20(26)16-11-12-19(25)23(14-16)13-15-7-5-6-10-18(15)21/h2-12,14,22H,13H2,1H3. The van der Waals surface area contributed by atoms with E-state index in [1.165, 1.54) is 21.7 Å². The van der Waals surface area contributed by atoms with E-state index in [0.717, 1.165) is 5.56 Å². The summed E-state index contributed by atoms with van der Waals surface area (Å²) in [5, 5.41) is 2.01. The number of para-hydroxylation sites is 1. The first-order chi connectivity index (χ1) is 12.6. The Labute approximate surface area is 156 Å². The highest BCUT2D eigenvalue weighted by atomic mass is 35.5. The number of anilines is 1. The van der Waals surface area contributed by atoms with Gasteiger partial charge in [0.05, 0.1) is 17.8 Å². The number of benzene rings is 2. The molecular formula is C20H18ClN3O2. The fourth-order valence-electron chi connectivity index (χ4n) is 2.65. The smallest absolute Gasteiger partial charge is 0.274 e. The number of aromatic nitrogens is 1. The van der Waals surface area contributed by atoms with Crippen molar-refractivity contribution in [3.63, 3.8) is 0 Å². The molecule has 132 valence electrons. The molecule has 1 heterocycles. The molecule has 0 atom stereocenters. The second-order valence-electron chi connectivity index (χ2n) is 5.68. The van der Waals surface area contributed by atoms with Crippen molar-refractivity contribution in [3.8, 4) is 0 Å². The lowest BCUT2D eigenvalue weighted by Gasteiger charge is -2.21. The fraction of sp³-hybridized carbons (Fsp3) is 0.100. The van der Waals surface area contributed by atoms with Crippen LogP contribution in [0.25, 0.3) is 0 Å². The molecule has 0 radical (unpaired) electrons. The van der Waals surface area contributed by atoms with Crippen LogP contribution in [0.4, 0.5) is 5.69 Å². The Morgan fingerprint density at radius 1 is 1.04 bits per heavy atom. The quantitative estimate of drug-likeness (QED) is 0.704. The van der Waals surface area contributed by atoms with Gasteiger partial charge in [0, 0.05) is 24.3 Å². The lowest BCUT2D eigenvalue weighted by atomic mass is 10.2. The molecule has 0 unspecified atom stereocenters. The minimum absolute atomic E-state index is 0.197. The molecule has 26 heavy (non-hydrogen) atoms. The average molecular weight is 368 g/mol. The minimum atomic E-state index is -0.258. The van der Waals surface area contributed by atoms with Crippen LogP contribution in [-0.2, 0) is 6.54 Å². The van der Waals surface area contributed by atoms with E-state index in [-0.39, 0.29) is 11.5 Å². The Hall–Kier alpha value is -2.89. The molecule has 0 aliphatic rings. The van der Waals surface area contributed by atoms with Crippen LogP contribution < -0.4 is 16.0 Å². The van der Waals surface area contributed by atoms with Gasteiger partial charge in [0.25, 0.3) is 11.5 Å². The summed E-state index contributed by atoms with van der Waals surface area (Å²) in [6, 6.07) is 19.5. The summed E-state index contributed by atoms with van der Waals surface area (Å²) in [6.07, 6.45) is 1.56. The molecule has 0 spiro atoms. The molecule has 0 aliphatic heterocycles. The zero-order valence-electron chi connectivity index (χ0n) is 14.2. The van der Waals surface area contributed by atoms with E-state index in [2.05, 4.69) is 5.43 Å². The number of hydrogen-bond acceptors (Lipinski definition) is 3. The monoisotopic (exact) mass is 367 g/mol. The van der Waals surface area contributed by atoms with Crippen LogP contribution in [0.15, 0.2) is 77.7 Å². The molecule has 3 aromatic rings. The Bertz CT molecular complexity index is 970. The van der Waals surface area contributed by atoms with E-state index in [1.54, 1.807) is 19.3 Å². The molecule has 0 fully saturated rings. The number of nitrogens with one attached hydrogen (secondary N) is 1. The Balaban J connectivity index is 1.93. The molecule has 0 bridgehead atoms. The third-order valence-electron chi connectivity index (χ3n) is 3.97. The molecule has 0 saturated heterocycles. The molecule has 0 saturated carbocycles. The minimum Gasteiger partial charge on any atom is -0.310 e. The Kier molecular flexibility index (Phi) is 5.51. The number of hydrogen-bond donors (Lipinski definition) is 1. The van der Waals surface area contributed by atoms with Crippen LogP contribution in [0.1, 0.15) is 15.9 Å². The van der Waals surface area contributed by atoms with Crippen molar-refractivity contribution >= 4 is 23.2 Å². The first kappa shape index (κ1) is 17.9. The average Bonchev–Trinajstić information content (AvgIpc) is 2.66. The third-order valence-corrected chi connectivity index (χ3v) is 4.34. The maximum absolute atomic E-state index is 12.9.